The van der Waals surface area contributed by atoms with Gasteiger partial charge in [0.15, 0.2) is 0 Å². The second kappa shape index (κ2) is 22.6. The van der Waals surface area contributed by atoms with E-state index in [-0.39, 0.29) is 243 Å². The van der Waals surface area contributed by atoms with E-state index in [1.807, 2.05) is 0 Å². The van der Waals surface area contributed by atoms with E-state index in [2.05, 4.69) is 0 Å². The van der Waals surface area contributed by atoms with E-state index in [9.17, 15) is 0 Å². The van der Waals surface area contributed by atoms with E-state index in [0.717, 1.165) is 0 Å². The molecule has 0 fully saturated rings. The third-order valence-corrected chi connectivity index (χ3v) is 0. The first-order valence-corrected chi connectivity index (χ1v) is 0. The van der Waals surface area contributed by atoms with Crippen LogP contribution in [0.15, 0.2) is 0 Å². The fourth-order valence-electron chi connectivity index (χ4n) is 0. The van der Waals surface area contributed by atoms with Crippen LogP contribution in [0.3, 0.4) is 0 Å². The van der Waals surface area contributed by atoms with Crippen LogP contribution < -0.4 is 0 Å². The van der Waals surface area contributed by atoms with Gasteiger partial charge in [-0.2, -0.15) is 0 Å². The van der Waals surface area contributed by atoms with E-state index in [4.69, 9.17) is 0 Å². The molecule has 0 nitrogen and oxygen atoms in total. The number of hydrogen-bond donors (Lipinski definition) is 0. The van der Waals surface area contributed by atoms with Crippen LogP contribution in [0, 0.1) is 0 Å². The Hall–Kier alpha value is 7.81. The van der Waals surface area contributed by atoms with Crippen LogP contribution in [0.2, 0.25) is 0 Å². The van der Waals surface area contributed by atoms with Gasteiger partial charge in [-0.15, -0.1) is 0 Å². The molecule has 0 aromatic carbocycles. The van der Waals surface area contributed by atoms with Crippen LogP contribution in [0.25, 0.3) is 0 Å². The average Bonchev–Trinajstić information content (AvgIpc) is 0. The van der Waals surface area contributed by atoms with Crippen LogP contribution in [-0.4, -0.2) is 243 Å². The summed E-state index contributed by atoms with van der Waals surface area (Å²) in [4.78, 5) is 0. The summed E-state index contributed by atoms with van der Waals surface area (Å²) >= 11 is 0. The fourth-order valence-corrected chi connectivity index (χ4v) is 0. The largest absolute Gasteiger partial charge is 0 e. The molecule has 5 heavy (non-hydrogen) atoms. The summed E-state index contributed by atoms with van der Waals surface area (Å²) in [6.07, 6.45) is 0. The molecule has 0 amide bonds. The Morgan fingerprint density at radius 2 is 0.400 bits per heavy atom. The molecule has 0 bridgehead atoms. The van der Waals surface area contributed by atoms with Gasteiger partial charge in [-0.25, -0.2) is 0 Å². The van der Waals surface area contributed by atoms with E-state index in [0.29, 0.717) is 0 Å². The third-order valence-electron chi connectivity index (χ3n) is 0. The van der Waals surface area contributed by atoms with Gasteiger partial charge >= 0.3 is 0 Å². The minimum absolute atomic E-state index is 0. The molecule has 0 N–H and O–H groups in total. The topological polar surface area (TPSA) is 0 Å². The first-order chi connectivity index (χ1) is 0. The number of hydrogen-bond acceptors (Lipinski definition) is 0. The standard InChI is InChI=1S/Ca.4K. The Morgan fingerprint density at radius 1 is 0.400 bits per heavy atom. The zero-order valence-electron chi connectivity index (χ0n) is 4.71. The van der Waals surface area contributed by atoms with Crippen molar-refractivity contribution in [1.29, 1.82) is 0 Å². The van der Waals surface area contributed by atoms with E-state index in [1.54, 1.807) is 0 Å². The predicted octanol–water partition coefficient (Wildman–Crippen LogP) is -1.90. The van der Waals surface area contributed by atoms with Crippen molar-refractivity contribution in [1.82, 2.24) is 0 Å². The zero-order valence-corrected chi connectivity index (χ0v) is 19.4. The third kappa shape index (κ3) is 18.6. The van der Waals surface area contributed by atoms with Gasteiger partial charge in [-0.1, -0.05) is 0 Å². The Balaban J connectivity index is 0. The van der Waals surface area contributed by atoms with Crippen molar-refractivity contribution in [3.63, 3.8) is 0 Å². The van der Waals surface area contributed by atoms with Gasteiger partial charge in [0.05, 0.1) is 0 Å². The van der Waals surface area contributed by atoms with E-state index in [1.165, 1.54) is 0 Å². The molecule has 0 aliphatic heterocycles. The molecule has 0 aromatic heterocycles. The predicted molar refractivity (Wildman–Crippen MR) is 28.8 cm³/mol. The Kier molecular flexibility index (Phi) is 133. The summed E-state index contributed by atoms with van der Waals surface area (Å²) in [6, 6.07) is 0. The maximum atomic E-state index is 0. The normalized spacial score (nSPS) is 0. The van der Waals surface area contributed by atoms with E-state index < -0.39 is 0 Å². The van der Waals surface area contributed by atoms with Crippen LogP contribution in [-0.2, 0) is 0 Å². The average molecular weight is 196 g/mol. The van der Waals surface area contributed by atoms with E-state index >= 15 is 0 Å². The van der Waals surface area contributed by atoms with Gasteiger partial charge in [0.1, 0.15) is 0 Å². The van der Waals surface area contributed by atoms with Crippen molar-refractivity contribution in [2.45, 2.75) is 0 Å². The molecule has 6 radical (unpaired) electrons. The molecule has 0 saturated heterocycles. The summed E-state index contributed by atoms with van der Waals surface area (Å²) < 4.78 is 0. The molecule has 0 heterocycles. The molecule has 0 atom stereocenters. The first kappa shape index (κ1) is 29.3. The molecule has 0 aliphatic carbocycles. The molecular weight excluding hydrogens is 196 g/mol. The van der Waals surface area contributed by atoms with Crippen molar-refractivity contribution < 1.29 is 0 Å². The van der Waals surface area contributed by atoms with Crippen molar-refractivity contribution in [3.8, 4) is 0 Å². The van der Waals surface area contributed by atoms with Crippen molar-refractivity contribution in [2.24, 2.45) is 0 Å². The summed E-state index contributed by atoms with van der Waals surface area (Å²) in [5.41, 5.74) is 0. The second-order valence-electron chi connectivity index (χ2n) is 0. The number of rotatable bonds is 0. The van der Waals surface area contributed by atoms with Crippen molar-refractivity contribution in [2.75, 3.05) is 0 Å². The SMILES string of the molecule is [Ca].[K].[K].[K].[K]. The van der Waals surface area contributed by atoms with Crippen LogP contribution in [0.5, 0.6) is 0 Å². The molecule has 0 rings (SSSR count). The fraction of sp³-hybridized carbons (Fsp3) is 0. The second-order valence-corrected chi connectivity index (χ2v) is 0. The Labute approximate surface area is 233 Å². The first-order valence-electron chi connectivity index (χ1n) is 0. The van der Waals surface area contributed by atoms with Gasteiger partial charge in [0.25, 0.3) is 0 Å². The molecule has 0 spiro atoms. The van der Waals surface area contributed by atoms with Crippen molar-refractivity contribution in [3.05, 3.63) is 0 Å². The van der Waals surface area contributed by atoms with Gasteiger partial charge < -0.3 is 0 Å². The molecule has 0 aliphatic rings. The van der Waals surface area contributed by atoms with Gasteiger partial charge in [-0.05, 0) is 0 Å². The summed E-state index contributed by atoms with van der Waals surface area (Å²) in [7, 11) is 0. The summed E-state index contributed by atoms with van der Waals surface area (Å²) in [5.74, 6) is 0. The molecule has 6 valence electrons. The van der Waals surface area contributed by atoms with Gasteiger partial charge in [0.2, 0.25) is 0 Å². The molecule has 0 unspecified atom stereocenters. The van der Waals surface area contributed by atoms with Crippen LogP contribution in [0.4, 0.5) is 0 Å². The minimum atomic E-state index is 0. The summed E-state index contributed by atoms with van der Waals surface area (Å²) in [5, 5.41) is 0. The van der Waals surface area contributed by atoms with Gasteiger partial charge in [0, 0.05) is 243 Å². The van der Waals surface area contributed by atoms with Crippen LogP contribution >= 0.6 is 0 Å². The summed E-state index contributed by atoms with van der Waals surface area (Å²) in [6.45, 7) is 0. The maximum absolute atomic E-state index is 0. The maximum Gasteiger partial charge on any atom is 0 e. The quantitative estimate of drug-likeness (QED) is 0.397. The minimum Gasteiger partial charge on any atom is 0 e. The molecular formula is CaK4. The monoisotopic (exact) mass is 196 g/mol. The Morgan fingerprint density at radius 3 is 0.400 bits per heavy atom. The molecule has 0 saturated carbocycles. The zero-order chi connectivity index (χ0) is 0. The van der Waals surface area contributed by atoms with Crippen LogP contribution in [0.1, 0.15) is 0 Å². The molecule has 5 heteroatoms. The Bertz CT molecular complexity index is 3.61. The smallest absolute Gasteiger partial charge is 0 e. The van der Waals surface area contributed by atoms with Gasteiger partial charge in [-0.3, -0.25) is 0 Å². The molecule has 0 aromatic rings. The van der Waals surface area contributed by atoms with Crippen molar-refractivity contribution >= 4 is 243 Å².